The number of carbonyl (C=O) groups is 1. The Balaban J connectivity index is 2.02. The number of hydrogen-bond acceptors (Lipinski definition) is 3. The van der Waals surface area contributed by atoms with E-state index in [0.29, 0.717) is 22.2 Å². The van der Waals surface area contributed by atoms with E-state index in [1.165, 1.54) is 12.3 Å². The van der Waals surface area contributed by atoms with Crippen molar-refractivity contribution in [1.82, 2.24) is 5.43 Å². The van der Waals surface area contributed by atoms with Crippen LogP contribution in [0, 0.1) is 0 Å². The van der Waals surface area contributed by atoms with Crippen molar-refractivity contribution in [3.8, 4) is 5.75 Å². The molecule has 120 valence electrons. The van der Waals surface area contributed by atoms with Gasteiger partial charge < -0.3 is 4.74 Å². The van der Waals surface area contributed by atoms with Crippen LogP contribution in [0.4, 0.5) is 0 Å². The normalized spacial score (nSPS) is 10.8. The van der Waals surface area contributed by atoms with E-state index in [4.69, 9.17) is 27.9 Å². The van der Waals surface area contributed by atoms with Gasteiger partial charge in [-0.1, -0.05) is 23.2 Å². The molecule has 0 aliphatic rings. The second-order valence-electron chi connectivity index (χ2n) is 4.45. The van der Waals surface area contributed by atoms with Crippen LogP contribution in [0.2, 0.25) is 10.0 Å². The molecule has 0 aliphatic heterocycles. The van der Waals surface area contributed by atoms with Gasteiger partial charge in [-0.3, -0.25) is 4.79 Å². The predicted octanol–water partition coefficient (Wildman–Crippen LogP) is 4.92. The van der Waals surface area contributed by atoms with Crippen LogP contribution in [0.15, 0.2) is 46.0 Å². The van der Waals surface area contributed by atoms with E-state index < -0.39 is 0 Å². The molecule has 0 atom stereocenters. The predicted molar refractivity (Wildman–Crippen MR) is 96.8 cm³/mol. The number of carbonyl (C=O) groups excluding carboxylic acids is 1. The third kappa shape index (κ3) is 4.96. The second kappa shape index (κ2) is 8.34. The molecular formula is C16H13BrCl2N2O2. The van der Waals surface area contributed by atoms with E-state index in [1.54, 1.807) is 12.1 Å². The highest BCUT2D eigenvalue weighted by Crippen LogP contribution is 2.25. The summed E-state index contributed by atoms with van der Waals surface area (Å²) in [6.07, 6.45) is 1.54. The summed E-state index contributed by atoms with van der Waals surface area (Å²) in [5.41, 5.74) is 3.63. The van der Waals surface area contributed by atoms with Gasteiger partial charge >= 0.3 is 0 Å². The number of benzene rings is 2. The largest absolute Gasteiger partial charge is 0.493 e. The van der Waals surface area contributed by atoms with Crippen molar-refractivity contribution in [3.05, 3.63) is 62.0 Å². The Hall–Kier alpha value is -1.56. The summed E-state index contributed by atoms with van der Waals surface area (Å²) in [6.45, 7) is 2.51. The zero-order chi connectivity index (χ0) is 16.8. The molecule has 0 aromatic heterocycles. The van der Waals surface area contributed by atoms with E-state index in [9.17, 15) is 4.79 Å². The SMILES string of the molecule is CCOc1ccc(/C=N\NC(=O)c2ccc(Cl)c(Cl)c2)cc1Br. The molecule has 2 aromatic rings. The molecule has 0 unspecified atom stereocenters. The van der Waals surface area contributed by atoms with E-state index in [-0.39, 0.29) is 5.91 Å². The van der Waals surface area contributed by atoms with Crippen LogP contribution in [-0.4, -0.2) is 18.7 Å². The summed E-state index contributed by atoms with van der Waals surface area (Å²) in [4.78, 5) is 11.9. The van der Waals surface area contributed by atoms with Gasteiger partial charge in [0.2, 0.25) is 0 Å². The first-order valence-electron chi connectivity index (χ1n) is 6.72. The Morgan fingerprint density at radius 3 is 2.70 bits per heavy atom. The minimum Gasteiger partial charge on any atom is -0.493 e. The van der Waals surface area contributed by atoms with Gasteiger partial charge in [0.05, 0.1) is 27.3 Å². The lowest BCUT2D eigenvalue weighted by Gasteiger charge is -2.06. The molecule has 2 rings (SSSR count). The van der Waals surface area contributed by atoms with Crippen LogP contribution < -0.4 is 10.2 Å². The summed E-state index contributed by atoms with van der Waals surface area (Å²) in [5.74, 6) is 0.384. The minimum atomic E-state index is -0.371. The monoisotopic (exact) mass is 414 g/mol. The quantitative estimate of drug-likeness (QED) is 0.556. The first kappa shape index (κ1) is 17.8. The molecule has 0 radical (unpaired) electrons. The molecule has 0 heterocycles. The number of halogens is 3. The summed E-state index contributed by atoms with van der Waals surface area (Å²) in [7, 11) is 0. The molecule has 0 bridgehead atoms. The van der Waals surface area contributed by atoms with E-state index in [0.717, 1.165) is 15.8 Å². The number of ether oxygens (including phenoxy) is 1. The van der Waals surface area contributed by atoms with Gasteiger partial charge in [0.25, 0.3) is 5.91 Å². The smallest absolute Gasteiger partial charge is 0.271 e. The summed E-state index contributed by atoms with van der Waals surface area (Å²) in [6, 6.07) is 10.1. The number of rotatable bonds is 5. The van der Waals surface area contributed by atoms with Crippen molar-refractivity contribution >= 4 is 51.3 Å². The fourth-order valence-corrected chi connectivity index (χ4v) is 2.55. The fourth-order valence-electron chi connectivity index (χ4n) is 1.74. The van der Waals surface area contributed by atoms with Crippen LogP contribution >= 0.6 is 39.1 Å². The van der Waals surface area contributed by atoms with Crippen LogP contribution in [0.1, 0.15) is 22.8 Å². The van der Waals surface area contributed by atoms with Gasteiger partial charge in [0.1, 0.15) is 5.75 Å². The third-order valence-corrected chi connectivity index (χ3v) is 4.18. The van der Waals surface area contributed by atoms with E-state index in [1.807, 2.05) is 25.1 Å². The average Bonchev–Trinajstić information content (AvgIpc) is 2.52. The lowest BCUT2D eigenvalue weighted by molar-refractivity contribution is 0.0955. The lowest BCUT2D eigenvalue weighted by Crippen LogP contribution is -2.17. The Morgan fingerprint density at radius 2 is 2.04 bits per heavy atom. The molecule has 0 spiro atoms. The number of nitrogens with zero attached hydrogens (tertiary/aromatic N) is 1. The van der Waals surface area contributed by atoms with Crippen LogP contribution in [0.3, 0.4) is 0 Å². The standard InChI is InChI=1S/C16H13BrCl2N2O2/c1-2-23-15-6-3-10(7-12(15)17)9-20-21-16(22)11-4-5-13(18)14(19)8-11/h3-9H,2H2,1H3,(H,21,22)/b20-9-. The van der Waals surface area contributed by atoms with Crippen LogP contribution in [-0.2, 0) is 0 Å². The average molecular weight is 416 g/mol. The van der Waals surface area contributed by atoms with Gasteiger partial charge in [-0.25, -0.2) is 5.43 Å². The molecule has 1 amide bonds. The second-order valence-corrected chi connectivity index (χ2v) is 6.12. The molecule has 0 aliphatic carbocycles. The molecule has 0 saturated heterocycles. The van der Waals surface area contributed by atoms with Crippen molar-refractivity contribution in [2.45, 2.75) is 6.92 Å². The van der Waals surface area contributed by atoms with E-state index in [2.05, 4.69) is 26.5 Å². The van der Waals surface area contributed by atoms with Gasteiger partial charge in [-0.2, -0.15) is 5.10 Å². The first-order chi connectivity index (χ1) is 11.0. The first-order valence-corrected chi connectivity index (χ1v) is 8.27. The van der Waals surface area contributed by atoms with Gasteiger partial charge in [-0.15, -0.1) is 0 Å². The Labute approximate surface area is 152 Å². The van der Waals surface area contributed by atoms with Crippen molar-refractivity contribution in [1.29, 1.82) is 0 Å². The van der Waals surface area contributed by atoms with Gasteiger partial charge in [0.15, 0.2) is 0 Å². The maximum Gasteiger partial charge on any atom is 0.271 e. The summed E-state index contributed by atoms with van der Waals surface area (Å²) < 4.78 is 6.25. The van der Waals surface area contributed by atoms with Crippen molar-refractivity contribution in [2.24, 2.45) is 5.10 Å². The molecule has 7 heteroatoms. The minimum absolute atomic E-state index is 0.318. The van der Waals surface area contributed by atoms with Crippen LogP contribution in [0.5, 0.6) is 5.75 Å². The summed E-state index contributed by atoms with van der Waals surface area (Å²) in [5, 5.41) is 4.64. The zero-order valence-electron chi connectivity index (χ0n) is 12.1. The highest BCUT2D eigenvalue weighted by molar-refractivity contribution is 9.10. The zero-order valence-corrected chi connectivity index (χ0v) is 15.2. The van der Waals surface area contributed by atoms with Crippen LogP contribution in [0.25, 0.3) is 0 Å². The molecule has 0 saturated carbocycles. The maximum absolute atomic E-state index is 11.9. The van der Waals surface area contributed by atoms with E-state index >= 15 is 0 Å². The Bertz CT molecular complexity index is 751. The van der Waals surface area contributed by atoms with Crippen molar-refractivity contribution in [3.63, 3.8) is 0 Å². The third-order valence-electron chi connectivity index (χ3n) is 2.82. The lowest BCUT2D eigenvalue weighted by atomic mass is 10.2. The molecule has 0 fully saturated rings. The number of amides is 1. The highest BCUT2D eigenvalue weighted by atomic mass is 79.9. The molecule has 2 aromatic carbocycles. The maximum atomic E-state index is 11.9. The van der Waals surface area contributed by atoms with Gasteiger partial charge in [-0.05, 0) is 64.8 Å². The number of hydrogen-bond donors (Lipinski definition) is 1. The molecular weight excluding hydrogens is 403 g/mol. The molecule has 1 N–H and O–H groups in total. The fraction of sp³-hybridized carbons (Fsp3) is 0.125. The van der Waals surface area contributed by atoms with Gasteiger partial charge in [0, 0.05) is 5.56 Å². The highest BCUT2D eigenvalue weighted by Gasteiger charge is 2.07. The Kier molecular flexibility index (Phi) is 6.45. The summed E-state index contributed by atoms with van der Waals surface area (Å²) >= 11 is 15.1. The molecule has 4 nitrogen and oxygen atoms in total. The topological polar surface area (TPSA) is 50.7 Å². The Morgan fingerprint density at radius 1 is 1.26 bits per heavy atom. The molecule has 23 heavy (non-hydrogen) atoms. The number of nitrogens with one attached hydrogen (secondary N) is 1. The number of hydrazone groups is 1. The van der Waals surface area contributed by atoms with Crippen molar-refractivity contribution < 1.29 is 9.53 Å². The van der Waals surface area contributed by atoms with Crippen molar-refractivity contribution in [2.75, 3.05) is 6.61 Å².